The molecule has 0 aliphatic rings. The Labute approximate surface area is 105 Å². The summed E-state index contributed by atoms with van der Waals surface area (Å²) in [5.74, 6) is 0. The lowest BCUT2D eigenvalue weighted by Crippen LogP contribution is -2.31. The van der Waals surface area contributed by atoms with Gasteiger partial charge in [-0.2, -0.15) is 0 Å². The van der Waals surface area contributed by atoms with Crippen molar-refractivity contribution in [1.82, 2.24) is 5.32 Å². The zero-order chi connectivity index (χ0) is 12.3. The van der Waals surface area contributed by atoms with Gasteiger partial charge in [-0.1, -0.05) is 30.3 Å². The molecule has 0 amide bonds. The smallest absolute Gasteiger partial charge is 0.0616 e. The average Bonchev–Trinajstić information content (AvgIpc) is 2.37. The van der Waals surface area contributed by atoms with Gasteiger partial charge in [0, 0.05) is 12.6 Å². The molecule has 0 aliphatic heterocycles. The molecule has 0 aliphatic carbocycles. The molecule has 0 heterocycles. The number of ether oxygens (including phenoxy) is 1. The van der Waals surface area contributed by atoms with Gasteiger partial charge in [-0.25, -0.2) is 0 Å². The topological polar surface area (TPSA) is 21.3 Å². The molecule has 0 bridgehead atoms. The summed E-state index contributed by atoms with van der Waals surface area (Å²) in [5.41, 5.74) is 1.44. The maximum atomic E-state index is 5.36. The number of benzene rings is 1. The van der Waals surface area contributed by atoms with Crippen molar-refractivity contribution in [3.63, 3.8) is 0 Å². The summed E-state index contributed by atoms with van der Waals surface area (Å²) in [7, 11) is 0. The Morgan fingerprint density at radius 3 is 2.65 bits per heavy atom. The first-order chi connectivity index (χ1) is 8.33. The van der Waals surface area contributed by atoms with E-state index in [1.807, 2.05) is 6.92 Å². The highest BCUT2D eigenvalue weighted by atomic mass is 16.5. The third-order valence-corrected chi connectivity index (χ3v) is 2.80. The Bertz CT molecular complexity index is 274. The Hall–Kier alpha value is -0.860. The normalized spacial score (nSPS) is 12.6. The molecule has 1 N–H and O–H groups in total. The highest BCUT2D eigenvalue weighted by Crippen LogP contribution is 2.03. The molecule has 1 atom stereocenters. The van der Waals surface area contributed by atoms with Crippen molar-refractivity contribution < 1.29 is 4.74 Å². The van der Waals surface area contributed by atoms with Gasteiger partial charge in [-0.05, 0) is 45.2 Å². The maximum absolute atomic E-state index is 5.36. The van der Waals surface area contributed by atoms with Crippen LogP contribution in [0.1, 0.15) is 32.3 Å². The maximum Gasteiger partial charge on any atom is 0.0616 e. The third kappa shape index (κ3) is 7.14. The van der Waals surface area contributed by atoms with E-state index in [0.29, 0.717) is 6.04 Å². The first kappa shape index (κ1) is 14.2. The van der Waals surface area contributed by atoms with Crippen molar-refractivity contribution in [1.29, 1.82) is 0 Å². The SMILES string of the molecule is CCOCC(C)NCCCCc1ccccc1. The molecule has 1 rings (SSSR count). The van der Waals surface area contributed by atoms with E-state index in [1.165, 1.54) is 24.8 Å². The third-order valence-electron chi connectivity index (χ3n) is 2.80. The quantitative estimate of drug-likeness (QED) is 0.664. The van der Waals surface area contributed by atoms with E-state index in [-0.39, 0.29) is 0 Å². The molecule has 0 aromatic heterocycles. The van der Waals surface area contributed by atoms with Gasteiger partial charge >= 0.3 is 0 Å². The van der Waals surface area contributed by atoms with Crippen LogP contribution in [-0.4, -0.2) is 25.8 Å². The lowest BCUT2D eigenvalue weighted by atomic mass is 10.1. The average molecular weight is 235 g/mol. The Kier molecular flexibility index (Phi) is 7.69. The van der Waals surface area contributed by atoms with Crippen LogP contribution < -0.4 is 5.32 Å². The van der Waals surface area contributed by atoms with Crippen molar-refractivity contribution >= 4 is 0 Å². The van der Waals surface area contributed by atoms with Crippen LogP contribution in [0.25, 0.3) is 0 Å². The van der Waals surface area contributed by atoms with Crippen molar-refractivity contribution in [3.8, 4) is 0 Å². The fourth-order valence-electron chi connectivity index (χ4n) is 1.80. The standard InChI is InChI=1S/C15H25NO/c1-3-17-13-14(2)16-12-8-7-11-15-9-5-4-6-10-15/h4-6,9-10,14,16H,3,7-8,11-13H2,1-2H3. The zero-order valence-corrected chi connectivity index (χ0v) is 11.1. The highest BCUT2D eigenvalue weighted by molar-refractivity contribution is 5.14. The summed E-state index contributed by atoms with van der Waals surface area (Å²) in [5, 5.41) is 3.48. The minimum absolute atomic E-state index is 0.465. The van der Waals surface area contributed by atoms with E-state index >= 15 is 0 Å². The Morgan fingerprint density at radius 1 is 1.18 bits per heavy atom. The van der Waals surface area contributed by atoms with Crippen LogP contribution >= 0.6 is 0 Å². The summed E-state index contributed by atoms with van der Waals surface area (Å²) in [6.07, 6.45) is 3.66. The number of hydrogen-bond acceptors (Lipinski definition) is 2. The summed E-state index contributed by atoms with van der Waals surface area (Å²) >= 11 is 0. The van der Waals surface area contributed by atoms with Crippen LogP contribution in [0, 0.1) is 0 Å². The van der Waals surface area contributed by atoms with Crippen LogP contribution in [0.5, 0.6) is 0 Å². The largest absolute Gasteiger partial charge is 0.380 e. The number of nitrogens with one attached hydrogen (secondary N) is 1. The Balaban J connectivity index is 1.97. The first-order valence-electron chi connectivity index (χ1n) is 6.68. The zero-order valence-electron chi connectivity index (χ0n) is 11.1. The van der Waals surface area contributed by atoms with Crippen LogP contribution in [0.3, 0.4) is 0 Å². The molecule has 1 aromatic rings. The van der Waals surface area contributed by atoms with E-state index < -0.39 is 0 Å². The van der Waals surface area contributed by atoms with E-state index in [9.17, 15) is 0 Å². The van der Waals surface area contributed by atoms with Gasteiger partial charge in [-0.15, -0.1) is 0 Å². The molecule has 0 saturated carbocycles. The van der Waals surface area contributed by atoms with Crippen molar-refractivity contribution in [2.45, 2.75) is 39.2 Å². The lowest BCUT2D eigenvalue weighted by Gasteiger charge is -2.13. The number of hydrogen-bond donors (Lipinski definition) is 1. The molecule has 0 spiro atoms. The van der Waals surface area contributed by atoms with Crippen LogP contribution in [-0.2, 0) is 11.2 Å². The van der Waals surface area contributed by atoms with E-state index in [4.69, 9.17) is 4.74 Å². The molecular formula is C15H25NO. The van der Waals surface area contributed by atoms with E-state index in [2.05, 4.69) is 42.6 Å². The summed E-state index contributed by atoms with van der Waals surface area (Å²) in [6, 6.07) is 11.2. The first-order valence-corrected chi connectivity index (χ1v) is 6.68. The molecule has 2 nitrogen and oxygen atoms in total. The summed E-state index contributed by atoms with van der Waals surface area (Å²) < 4.78 is 5.36. The van der Waals surface area contributed by atoms with E-state index in [1.54, 1.807) is 0 Å². The molecule has 0 radical (unpaired) electrons. The molecular weight excluding hydrogens is 210 g/mol. The van der Waals surface area contributed by atoms with Crippen molar-refractivity contribution in [3.05, 3.63) is 35.9 Å². The van der Waals surface area contributed by atoms with Gasteiger partial charge in [0.15, 0.2) is 0 Å². The fraction of sp³-hybridized carbons (Fsp3) is 0.600. The second-order valence-electron chi connectivity index (χ2n) is 4.46. The van der Waals surface area contributed by atoms with Gasteiger partial charge in [-0.3, -0.25) is 0 Å². The molecule has 96 valence electrons. The summed E-state index contributed by atoms with van der Waals surface area (Å²) in [4.78, 5) is 0. The van der Waals surface area contributed by atoms with Crippen LogP contribution in [0.15, 0.2) is 30.3 Å². The second kappa shape index (κ2) is 9.20. The molecule has 0 fully saturated rings. The van der Waals surface area contributed by atoms with Crippen LogP contribution in [0.2, 0.25) is 0 Å². The number of rotatable bonds is 9. The molecule has 0 saturated heterocycles. The van der Waals surface area contributed by atoms with Gasteiger partial charge < -0.3 is 10.1 Å². The van der Waals surface area contributed by atoms with Gasteiger partial charge in [0.2, 0.25) is 0 Å². The van der Waals surface area contributed by atoms with Crippen molar-refractivity contribution in [2.24, 2.45) is 0 Å². The molecule has 1 aromatic carbocycles. The monoisotopic (exact) mass is 235 g/mol. The number of aryl methyl sites for hydroxylation is 1. The van der Waals surface area contributed by atoms with Gasteiger partial charge in [0.05, 0.1) is 6.61 Å². The highest BCUT2D eigenvalue weighted by Gasteiger charge is 1.99. The predicted octanol–water partition coefficient (Wildman–Crippen LogP) is 3.02. The van der Waals surface area contributed by atoms with Gasteiger partial charge in [0.1, 0.15) is 0 Å². The van der Waals surface area contributed by atoms with Crippen LogP contribution in [0.4, 0.5) is 0 Å². The lowest BCUT2D eigenvalue weighted by molar-refractivity contribution is 0.127. The molecule has 2 heteroatoms. The molecule has 1 unspecified atom stereocenters. The predicted molar refractivity (Wildman–Crippen MR) is 73.3 cm³/mol. The minimum Gasteiger partial charge on any atom is -0.380 e. The number of unbranched alkanes of at least 4 members (excludes halogenated alkanes) is 1. The van der Waals surface area contributed by atoms with Crippen molar-refractivity contribution in [2.75, 3.05) is 19.8 Å². The second-order valence-corrected chi connectivity index (χ2v) is 4.46. The van der Waals surface area contributed by atoms with E-state index in [0.717, 1.165) is 19.8 Å². The fourth-order valence-corrected chi connectivity index (χ4v) is 1.80. The summed E-state index contributed by atoms with van der Waals surface area (Å²) in [6.45, 7) is 6.91. The molecule has 17 heavy (non-hydrogen) atoms. The Morgan fingerprint density at radius 2 is 1.94 bits per heavy atom. The minimum atomic E-state index is 0.465. The van der Waals surface area contributed by atoms with Gasteiger partial charge in [0.25, 0.3) is 0 Å².